The van der Waals surface area contributed by atoms with E-state index in [2.05, 4.69) is 11.5 Å². The normalized spacial score (nSPS) is 12.5. The first-order chi connectivity index (χ1) is 7.54. The second-order valence-corrected chi connectivity index (χ2v) is 4.02. The highest BCUT2D eigenvalue weighted by Gasteiger charge is 2.16. The number of hydrogen-bond acceptors (Lipinski definition) is 3. The van der Waals surface area contributed by atoms with Crippen LogP contribution in [0.2, 0.25) is 0 Å². The molecule has 1 aromatic rings. The van der Waals surface area contributed by atoms with Crippen molar-refractivity contribution in [3.8, 4) is 5.75 Å². The van der Waals surface area contributed by atoms with E-state index >= 15 is 0 Å². The van der Waals surface area contributed by atoms with Gasteiger partial charge in [-0.2, -0.15) is 0 Å². The maximum absolute atomic E-state index is 9.20. The molecule has 0 amide bonds. The second kappa shape index (κ2) is 5.56. The lowest BCUT2D eigenvalue weighted by molar-refractivity contribution is 0.196. The number of likely N-dealkylation sites (N-methyl/N-ethyl adjacent to an activating group) is 1. The Labute approximate surface area is 97.0 Å². The minimum absolute atomic E-state index is 0.148. The zero-order valence-electron chi connectivity index (χ0n) is 10.1. The maximum atomic E-state index is 9.20. The molecule has 0 saturated heterocycles. The lowest BCUT2D eigenvalue weighted by Crippen LogP contribution is -2.32. The van der Waals surface area contributed by atoms with E-state index in [4.69, 9.17) is 4.74 Å². The van der Waals surface area contributed by atoms with Crippen LogP contribution in [0.1, 0.15) is 5.56 Å². The Bertz CT molecular complexity index is 343. The molecule has 0 aromatic heterocycles. The fourth-order valence-electron chi connectivity index (χ4n) is 1.58. The predicted octanol–water partition coefficient (Wildman–Crippen LogP) is 2.02. The fraction of sp³-hybridized carbons (Fsp3) is 0.385. The van der Waals surface area contributed by atoms with Gasteiger partial charge in [0, 0.05) is 0 Å². The molecular weight excluding hydrogens is 202 g/mol. The molecule has 0 aliphatic carbocycles. The van der Waals surface area contributed by atoms with Crippen LogP contribution < -0.4 is 0 Å². The number of nitrogens with zero attached hydrogens (tertiary/aromatic N) is 1. The molecule has 1 aromatic carbocycles. The lowest BCUT2D eigenvalue weighted by Gasteiger charge is -2.25. The Morgan fingerprint density at radius 2 is 1.94 bits per heavy atom. The molecule has 88 valence electrons. The summed E-state index contributed by atoms with van der Waals surface area (Å²) in [5.74, 6) is 1.04. The molecule has 0 saturated carbocycles. The van der Waals surface area contributed by atoms with Crippen molar-refractivity contribution in [2.75, 3.05) is 21.2 Å². The summed E-state index contributed by atoms with van der Waals surface area (Å²) in [5.41, 5.74) is 1.15. The van der Waals surface area contributed by atoms with Gasteiger partial charge in [-0.25, -0.2) is 0 Å². The Kier molecular flexibility index (Phi) is 4.38. The summed E-state index contributed by atoms with van der Waals surface area (Å²) in [5, 5.41) is 9.20. The van der Waals surface area contributed by atoms with Gasteiger partial charge in [-0.15, -0.1) is 0 Å². The van der Waals surface area contributed by atoms with Gasteiger partial charge in [0.2, 0.25) is 0 Å². The average Bonchev–Trinajstić information content (AvgIpc) is 2.27. The Morgan fingerprint density at radius 1 is 1.38 bits per heavy atom. The average molecular weight is 221 g/mol. The molecule has 3 heteroatoms. The van der Waals surface area contributed by atoms with E-state index in [1.807, 2.05) is 26.2 Å². The largest absolute Gasteiger partial charge is 0.508 e. The third kappa shape index (κ3) is 3.28. The lowest BCUT2D eigenvalue weighted by atomic mass is 10.0. The standard InChI is InChI=1S/C13H19NO2/c1-10(16-4)13(14(2)3)9-11-5-7-12(15)8-6-11/h5-8,13,15H,1,9H2,2-4H3. The van der Waals surface area contributed by atoms with Crippen molar-refractivity contribution in [1.82, 2.24) is 4.90 Å². The predicted molar refractivity (Wildman–Crippen MR) is 65.4 cm³/mol. The van der Waals surface area contributed by atoms with Crippen LogP contribution >= 0.6 is 0 Å². The highest BCUT2D eigenvalue weighted by Crippen LogP contribution is 2.16. The van der Waals surface area contributed by atoms with Gasteiger partial charge in [0.25, 0.3) is 0 Å². The van der Waals surface area contributed by atoms with Crippen LogP contribution in [-0.2, 0) is 11.2 Å². The number of ether oxygens (including phenoxy) is 1. The number of benzene rings is 1. The first-order valence-corrected chi connectivity index (χ1v) is 5.21. The molecule has 0 heterocycles. The minimum Gasteiger partial charge on any atom is -0.508 e. The zero-order valence-corrected chi connectivity index (χ0v) is 10.1. The fourth-order valence-corrected chi connectivity index (χ4v) is 1.58. The first kappa shape index (κ1) is 12.6. The molecule has 1 N–H and O–H groups in total. The van der Waals surface area contributed by atoms with E-state index in [-0.39, 0.29) is 11.8 Å². The topological polar surface area (TPSA) is 32.7 Å². The molecule has 0 spiro atoms. The van der Waals surface area contributed by atoms with Crippen LogP contribution in [0, 0.1) is 0 Å². The summed E-state index contributed by atoms with van der Waals surface area (Å²) in [6.07, 6.45) is 0.819. The number of methoxy groups -OCH3 is 1. The Hall–Kier alpha value is -1.48. The van der Waals surface area contributed by atoms with E-state index in [0.29, 0.717) is 0 Å². The van der Waals surface area contributed by atoms with Gasteiger partial charge in [-0.3, -0.25) is 4.90 Å². The molecule has 1 atom stereocenters. The number of hydrogen-bond donors (Lipinski definition) is 1. The first-order valence-electron chi connectivity index (χ1n) is 5.21. The molecule has 1 rings (SSSR count). The number of phenols is 1. The van der Waals surface area contributed by atoms with E-state index in [9.17, 15) is 5.11 Å². The summed E-state index contributed by atoms with van der Waals surface area (Å²) in [7, 11) is 5.63. The minimum atomic E-state index is 0.148. The summed E-state index contributed by atoms with van der Waals surface area (Å²) in [6.45, 7) is 3.90. The van der Waals surface area contributed by atoms with Crippen LogP contribution in [0.25, 0.3) is 0 Å². The van der Waals surface area contributed by atoms with Gasteiger partial charge < -0.3 is 9.84 Å². The van der Waals surface area contributed by atoms with Crippen molar-refractivity contribution in [2.24, 2.45) is 0 Å². The quantitative estimate of drug-likeness (QED) is 0.772. The Morgan fingerprint density at radius 3 is 2.38 bits per heavy atom. The summed E-state index contributed by atoms with van der Waals surface area (Å²) < 4.78 is 5.18. The summed E-state index contributed by atoms with van der Waals surface area (Å²) in [4.78, 5) is 2.07. The monoisotopic (exact) mass is 221 g/mol. The van der Waals surface area contributed by atoms with Crippen molar-refractivity contribution in [3.63, 3.8) is 0 Å². The maximum Gasteiger partial charge on any atom is 0.115 e. The smallest absolute Gasteiger partial charge is 0.115 e. The number of rotatable bonds is 5. The van der Waals surface area contributed by atoms with E-state index in [1.54, 1.807) is 19.2 Å². The number of aromatic hydroxyl groups is 1. The molecule has 1 unspecified atom stereocenters. The Balaban J connectivity index is 2.75. The summed E-state index contributed by atoms with van der Waals surface area (Å²) in [6, 6.07) is 7.35. The molecule has 3 nitrogen and oxygen atoms in total. The van der Waals surface area contributed by atoms with Crippen LogP contribution in [0.4, 0.5) is 0 Å². The van der Waals surface area contributed by atoms with Gasteiger partial charge in [0.15, 0.2) is 0 Å². The number of phenolic OH excluding ortho intramolecular Hbond substituents is 1. The van der Waals surface area contributed by atoms with Crippen molar-refractivity contribution < 1.29 is 9.84 Å². The van der Waals surface area contributed by atoms with Crippen LogP contribution in [0.3, 0.4) is 0 Å². The SMILES string of the molecule is C=C(OC)C(Cc1ccc(O)cc1)N(C)C. The van der Waals surface area contributed by atoms with Crippen LogP contribution in [0.15, 0.2) is 36.6 Å². The van der Waals surface area contributed by atoms with Crippen molar-refractivity contribution in [1.29, 1.82) is 0 Å². The van der Waals surface area contributed by atoms with Crippen molar-refractivity contribution in [3.05, 3.63) is 42.2 Å². The molecule has 0 fully saturated rings. The van der Waals surface area contributed by atoms with E-state index < -0.39 is 0 Å². The highest BCUT2D eigenvalue weighted by molar-refractivity contribution is 5.27. The molecular formula is C13H19NO2. The van der Waals surface area contributed by atoms with Gasteiger partial charge in [0.1, 0.15) is 11.5 Å². The third-order valence-corrected chi connectivity index (χ3v) is 2.62. The van der Waals surface area contributed by atoms with Crippen LogP contribution in [0.5, 0.6) is 5.75 Å². The van der Waals surface area contributed by atoms with Gasteiger partial charge >= 0.3 is 0 Å². The van der Waals surface area contributed by atoms with Gasteiger partial charge in [0.05, 0.1) is 13.2 Å². The third-order valence-electron chi connectivity index (χ3n) is 2.62. The van der Waals surface area contributed by atoms with Gasteiger partial charge in [-0.05, 0) is 38.2 Å². The van der Waals surface area contributed by atoms with Crippen LogP contribution in [-0.4, -0.2) is 37.3 Å². The van der Waals surface area contributed by atoms with E-state index in [1.165, 1.54) is 0 Å². The van der Waals surface area contributed by atoms with Crippen molar-refractivity contribution in [2.45, 2.75) is 12.5 Å². The molecule has 0 aliphatic rings. The molecule has 0 radical (unpaired) electrons. The van der Waals surface area contributed by atoms with Gasteiger partial charge in [-0.1, -0.05) is 18.7 Å². The summed E-state index contributed by atoms with van der Waals surface area (Å²) >= 11 is 0. The van der Waals surface area contributed by atoms with Crippen molar-refractivity contribution >= 4 is 0 Å². The zero-order chi connectivity index (χ0) is 12.1. The van der Waals surface area contributed by atoms with E-state index in [0.717, 1.165) is 17.7 Å². The highest BCUT2D eigenvalue weighted by atomic mass is 16.5. The molecule has 0 aliphatic heterocycles. The molecule has 16 heavy (non-hydrogen) atoms. The second-order valence-electron chi connectivity index (χ2n) is 4.02. The molecule has 0 bridgehead atoms.